The van der Waals surface area contributed by atoms with Crippen LogP contribution < -0.4 is 4.72 Å². The van der Waals surface area contributed by atoms with Gasteiger partial charge in [-0.1, -0.05) is 0 Å². The van der Waals surface area contributed by atoms with Crippen molar-refractivity contribution >= 4 is 26.7 Å². The maximum atomic E-state index is 11.5. The number of fused-ring (bicyclic) bond motifs is 1. The third kappa shape index (κ3) is 2.48. The summed E-state index contributed by atoms with van der Waals surface area (Å²) in [5.74, 6) is 0.0610. The van der Waals surface area contributed by atoms with Crippen molar-refractivity contribution in [2.45, 2.75) is 26.8 Å². The normalized spacial score (nSPS) is 12.2. The zero-order valence-electron chi connectivity index (χ0n) is 10.7. The van der Waals surface area contributed by atoms with Gasteiger partial charge in [0.2, 0.25) is 10.0 Å². The van der Waals surface area contributed by atoms with Gasteiger partial charge in [-0.25, -0.2) is 13.4 Å². The van der Waals surface area contributed by atoms with Crippen LogP contribution >= 0.6 is 0 Å². The molecule has 0 aliphatic rings. The number of anilines is 1. The van der Waals surface area contributed by atoms with Gasteiger partial charge in [0.1, 0.15) is 0 Å². The molecule has 1 aromatic heterocycles. The summed E-state index contributed by atoms with van der Waals surface area (Å²) in [6.45, 7) is 5.76. The van der Waals surface area contributed by atoms with Crippen LogP contribution in [-0.2, 0) is 10.0 Å². The average Bonchev–Trinajstić information content (AvgIpc) is 2.71. The van der Waals surface area contributed by atoms with Crippen LogP contribution in [0.1, 0.15) is 26.8 Å². The Hall–Kier alpha value is -1.56. The summed E-state index contributed by atoms with van der Waals surface area (Å²) in [5, 5.41) is 0. The highest BCUT2D eigenvalue weighted by atomic mass is 32.2. The quantitative estimate of drug-likeness (QED) is 0.925. The zero-order chi connectivity index (χ0) is 13.3. The lowest BCUT2D eigenvalue weighted by Gasteiger charge is -2.09. The van der Waals surface area contributed by atoms with Gasteiger partial charge in [0.05, 0.1) is 28.8 Å². The molecule has 0 saturated heterocycles. The molecule has 0 fully saturated rings. The highest BCUT2D eigenvalue weighted by molar-refractivity contribution is 7.92. The number of sulfonamides is 1. The molecule has 0 unspecified atom stereocenters. The summed E-state index contributed by atoms with van der Waals surface area (Å²) in [5.41, 5.74) is 2.35. The van der Waals surface area contributed by atoms with Crippen molar-refractivity contribution in [3.8, 4) is 0 Å². The Bertz CT molecular complexity index is 659. The first kappa shape index (κ1) is 12.9. The molecule has 0 radical (unpaired) electrons. The number of nitrogens with zero attached hydrogens (tertiary/aromatic N) is 2. The Morgan fingerprint density at radius 1 is 1.39 bits per heavy atom. The Kier molecular flexibility index (Phi) is 3.30. The van der Waals surface area contributed by atoms with Gasteiger partial charge in [0.15, 0.2) is 0 Å². The maximum absolute atomic E-state index is 11.5. The number of aromatic nitrogens is 2. The van der Waals surface area contributed by atoms with Crippen molar-refractivity contribution in [2.24, 2.45) is 0 Å². The maximum Gasteiger partial charge on any atom is 0.232 e. The molecular formula is C12H17N3O2S. The van der Waals surface area contributed by atoms with Crippen molar-refractivity contribution in [3.05, 3.63) is 24.5 Å². The van der Waals surface area contributed by atoms with Gasteiger partial charge in [0.25, 0.3) is 0 Å². The lowest BCUT2D eigenvalue weighted by atomic mass is 10.2. The fraction of sp³-hybridized carbons (Fsp3) is 0.417. The molecule has 1 aromatic carbocycles. The van der Waals surface area contributed by atoms with Gasteiger partial charge in [-0.3, -0.25) is 4.72 Å². The minimum Gasteiger partial charge on any atom is -0.328 e. The fourth-order valence-corrected chi connectivity index (χ4v) is 2.39. The van der Waals surface area contributed by atoms with Crippen LogP contribution in [0, 0.1) is 0 Å². The highest BCUT2D eigenvalue weighted by Crippen LogP contribution is 2.21. The van der Waals surface area contributed by atoms with E-state index in [1.165, 1.54) is 0 Å². The van der Waals surface area contributed by atoms with Gasteiger partial charge in [-0.15, -0.1) is 0 Å². The third-order valence-electron chi connectivity index (χ3n) is 2.78. The zero-order valence-corrected chi connectivity index (χ0v) is 11.5. The minimum absolute atomic E-state index is 0.0610. The molecule has 0 atom stereocenters. The molecule has 1 N–H and O–H groups in total. The van der Waals surface area contributed by atoms with E-state index in [-0.39, 0.29) is 5.75 Å². The number of benzene rings is 1. The molecule has 98 valence electrons. The Balaban J connectivity index is 2.41. The summed E-state index contributed by atoms with van der Waals surface area (Å²) in [6.07, 6.45) is 1.77. The largest absolute Gasteiger partial charge is 0.328 e. The summed E-state index contributed by atoms with van der Waals surface area (Å²) in [7, 11) is -3.24. The number of imidazole rings is 1. The van der Waals surface area contributed by atoms with E-state index in [1.807, 2.05) is 10.6 Å². The van der Waals surface area contributed by atoms with Crippen molar-refractivity contribution in [2.75, 3.05) is 10.5 Å². The molecule has 2 aromatic rings. The van der Waals surface area contributed by atoms with E-state index in [0.717, 1.165) is 11.0 Å². The van der Waals surface area contributed by atoms with E-state index < -0.39 is 10.0 Å². The van der Waals surface area contributed by atoms with Gasteiger partial charge >= 0.3 is 0 Å². The van der Waals surface area contributed by atoms with Gasteiger partial charge < -0.3 is 4.57 Å². The third-order valence-corrected chi connectivity index (χ3v) is 4.09. The standard InChI is InChI=1S/C12H17N3O2S/c1-4-18(16,17)14-10-5-6-12-11(7-10)13-8-15(12)9(2)3/h5-9,14H,4H2,1-3H3. The summed E-state index contributed by atoms with van der Waals surface area (Å²) in [4.78, 5) is 4.28. The van der Waals surface area contributed by atoms with E-state index in [1.54, 1.807) is 25.4 Å². The molecule has 5 nitrogen and oxygen atoms in total. The van der Waals surface area contributed by atoms with Crippen LogP contribution in [0.25, 0.3) is 11.0 Å². The lowest BCUT2D eigenvalue weighted by molar-refractivity contribution is 0.602. The fourth-order valence-electron chi connectivity index (χ4n) is 1.76. The van der Waals surface area contributed by atoms with Crippen LogP contribution in [0.2, 0.25) is 0 Å². The molecular weight excluding hydrogens is 250 g/mol. The van der Waals surface area contributed by atoms with E-state index in [0.29, 0.717) is 11.7 Å². The van der Waals surface area contributed by atoms with Crippen molar-refractivity contribution in [3.63, 3.8) is 0 Å². The van der Waals surface area contributed by atoms with Crippen molar-refractivity contribution < 1.29 is 8.42 Å². The number of rotatable bonds is 4. The van der Waals surface area contributed by atoms with Crippen LogP contribution in [0.4, 0.5) is 5.69 Å². The van der Waals surface area contributed by atoms with Gasteiger partial charge in [-0.2, -0.15) is 0 Å². The molecule has 0 spiro atoms. The molecule has 0 saturated carbocycles. The molecule has 0 amide bonds. The molecule has 2 rings (SSSR count). The van der Waals surface area contributed by atoms with E-state index in [2.05, 4.69) is 23.6 Å². The second-order valence-corrected chi connectivity index (χ2v) is 6.47. The van der Waals surface area contributed by atoms with Crippen LogP contribution in [0.5, 0.6) is 0 Å². The predicted molar refractivity (Wildman–Crippen MR) is 73.2 cm³/mol. The SMILES string of the molecule is CCS(=O)(=O)Nc1ccc2c(c1)ncn2C(C)C. The smallest absolute Gasteiger partial charge is 0.232 e. The van der Waals surface area contributed by atoms with Gasteiger partial charge in [0, 0.05) is 6.04 Å². The summed E-state index contributed by atoms with van der Waals surface area (Å²) >= 11 is 0. The Labute approximate surface area is 107 Å². The van der Waals surface area contributed by atoms with E-state index >= 15 is 0 Å². The number of hydrogen-bond acceptors (Lipinski definition) is 3. The van der Waals surface area contributed by atoms with Crippen LogP contribution in [0.15, 0.2) is 24.5 Å². The van der Waals surface area contributed by atoms with Crippen molar-refractivity contribution in [1.29, 1.82) is 0 Å². The molecule has 0 aliphatic carbocycles. The first-order chi connectivity index (χ1) is 8.43. The van der Waals surface area contributed by atoms with Crippen molar-refractivity contribution in [1.82, 2.24) is 9.55 Å². The molecule has 0 bridgehead atoms. The Morgan fingerprint density at radius 2 is 2.11 bits per heavy atom. The van der Waals surface area contributed by atoms with Gasteiger partial charge in [-0.05, 0) is 39.0 Å². The molecule has 1 heterocycles. The topological polar surface area (TPSA) is 64.0 Å². The first-order valence-corrected chi connectivity index (χ1v) is 7.55. The summed E-state index contributed by atoms with van der Waals surface area (Å²) in [6, 6.07) is 5.72. The molecule has 0 aliphatic heterocycles. The highest BCUT2D eigenvalue weighted by Gasteiger charge is 2.09. The first-order valence-electron chi connectivity index (χ1n) is 5.90. The second kappa shape index (κ2) is 4.61. The van der Waals surface area contributed by atoms with E-state index in [9.17, 15) is 8.42 Å². The monoisotopic (exact) mass is 267 g/mol. The Morgan fingerprint density at radius 3 is 2.72 bits per heavy atom. The lowest BCUT2D eigenvalue weighted by Crippen LogP contribution is -2.14. The van der Waals surface area contributed by atoms with E-state index in [4.69, 9.17) is 0 Å². The predicted octanol–water partition coefficient (Wildman–Crippen LogP) is 2.38. The minimum atomic E-state index is -3.24. The summed E-state index contributed by atoms with van der Waals surface area (Å²) < 4.78 is 27.5. The van der Waals surface area contributed by atoms with Crippen LogP contribution in [-0.4, -0.2) is 23.7 Å². The second-order valence-electron chi connectivity index (χ2n) is 4.45. The number of nitrogens with one attached hydrogen (secondary N) is 1. The average molecular weight is 267 g/mol. The molecule has 18 heavy (non-hydrogen) atoms. The number of hydrogen-bond donors (Lipinski definition) is 1. The molecule has 6 heteroatoms. The van der Waals surface area contributed by atoms with Crippen LogP contribution in [0.3, 0.4) is 0 Å².